The lowest BCUT2D eigenvalue weighted by Crippen LogP contribution is -2.26. The van der Waals surface area contributed by atoms with Crippen molar-refractivity contribution in [3.63, 3.8) is 0 Å². The van der Waals surface area contributed by atoms with Crippen LogP contribution in [0.3, 0.4) is 0 Å². The van der Waals surface area contributed by atoms with Gasteiger partial charge in [0.05, 0.1) is 6.61 Å². The zero-order chi connectivity index (χ0) is 13.8. The van der Waals surface area contributed by atoms with E-state index in [1.54, 1.807) is 25.6 Å². The van der Waals surface area contributed by atoms with Crippen LogP contribution >= 0.6 is 11.8 Å². The fourth-order valence-electron chi connectivity index (χ4n) is 1.74. The Bertz CT molecular complexity index is 493. The van der Waals surface area contributed by atoms with Gasteiger partial charge in [-0.15, -0.1) is 0 Å². The molecule has 0 amide bonds. The Balaban J connectivity index is 2.91. The topological polar surface area (TPSA) is 79.5 Å². The number of thioether (sulfide) groups is 1. The SMILES string of the molecule is CSCCCNS(=O)(=O)c1c(C)oc(C)c1CO. The number of rotatable bonds is 7. The van der Waals surface area contributed by atoms with Gasteiger partial charge in [-0.2, -0.15) is 11.8 Å². The molecule has 1 aromatic rings. The molecule has 18 heavy (non-hydrogen) atoms. The number of sulfonamides is 1. The molecule has 0 aromatic carbocycles. The van der Waals surface area contributed by atoms with Crippen LogP contribution in [0.15, 0.2) is 9.31 Å². The van der Waals surface area contributed by atoms with Gasteiger partial charge in [-0.05, 0) is 32.3 Å². The lowest BCUT2D eigenvalue weighted by Gasteiger charge is -2.07. The molecule has 0 aliphatic carbocycles. The summed E-state index contributed by atoms with van der Waals surface area (Å²) in [6, 6.07) is 0. The second-order valence-corrected chi connectivity index (χ2v) is 6.61. The van der Waals surface area contributed by atoms with Crippen LogP contribution in [0.5, 0.6) is 0 Å². The molecule has 7 heteroatoms. The first kappa shape index (κ1) is 15.6. The van der Waals surface area contributed by atoms with E-state index in [9.17, 15) is 13.5 Å². The molecule has 0 unspecified atom stereocenters. The van der Waals surface area contributed by atoms with Crippen LogP contribution in [0.25, 0.3) is 0 Å². The maximum absolute atomic E-state index is 12.1. The summed E-state index contributed by atoms with van der Waals surface area (Å²) in [5.74, 6) is 1.66. The number of aliphatic hydroxyl groups excluding tert-OH is 1. The average Bonchev–Trinajstić information content (AvgIpc) is 2.59. The van der Waals surface area contributed by atoms with Crippen LogP contribution in [0.2, 0.25) is 0 Å². The zero-order valence-corrected chi connectivity index (χ0v) is 12.4. The molecule has 2 N–H and O–H groups in total. The quantitative estimate of drug-likeness (QED) is 0.743. The Labute approximate surface area is 112 Å². The number of hydrogen-bond acceptors (Lipinski definition) is 5. The highest BCUT2D eigenvalue weighted by Gasteiger charge is 2.25. The predicted molar refractivity (Wildman–Crippen MR) is 72.3 cm³/mol. The summed E-state index contributed by atoms with van der Waals surface area (Å²) < 4.78 is 32.0. The van der Waals surface area contributed by atoms with E-state index in [0.29, 0.717) is 23.6 Å². The molecule has 0 aliphatic heterocycles. The largest absolute Gasteiger partial charge is 0.465 e. The van der Waals surface area contributed by atoms with Gasteiger partial charge < -0.3 is 9.52 Å². The normalized spacial score (nSPS) is 12.0. The Morgan fingerprint density at radius 3 is 2.56 bits per heavy atom. The summed E-state index contributed by atoms with van der Waals surface area (Å²) in [5, 5.41) is 9.23. The molecule has 1 rings (SSSR count). The minimum absolute atomic E-state index is 0.0756. The van der Waals surface area contributed by atoms with Crippen LogP contribution in [0, 0.1) is 13.8 Å². The Hall–Kier alpha value is -0.500. The van der Waals surface area contributed by atoms with Gasteiger partial charge in [-0.3, -0.25) is 0 Å². The lowest BCUT2D eigenvalue weighted by atomic mass is 10.2. The van der Waals surface area contributed by atoms with Crippen molar-refractivity contribution in [1.29, 1.82) is 0 Å². The number of aryl methyl sites for hydroxylation is 2. The van der Waals surface area contributed by atoms with Crippen molar-refractivity contribution < 1.29 is 17.9 Å². The summed E-state index contributed by atoms with van der Waals surface area (Å²) >= 11 is 1.67. The maximum atomic E-state index is 12.1. The van der Waals surface area contributed by atoms with Gasteiger partial charge in [0.25, 0.3) is 0 Å². The fourth-order valence-corrected chi connectivity index (χ4v) is 3.68. The summed E-state index contributed by atoms with van der Waals surface area (Å²) in [5.41, 5.74) is 0.338. The third kappa shape index (κ3) is 3.50. The molecule has 5 nitrogen and oxygen atoms in total. The molecule has 0 atom stereocenters. The molecular weight excluding hydrogens is 274 g/mol. The summed E-state index contributed by atoms with van der Waals surface area (Å²) in [4.78, 5) is 0.0756. The van der Waals surface area contributed by atoms with Crippen molar-refractivity contribution in [1.82, 2.24) is 4.72 Å². The van der Waals surface area contributed by atoms with Crippen molar-refractivity contribution in [2.75, 3.05) is 18.6 Å². The predicted octanol–water partition coefficient (Wildman–Crippen LogP) is 1.42. The minimum Gasteiger partial charge on any atom is -0.465 e. The Kier molecular flexibility index (Phi) is 5.71. The third-order valence-electron chi connectivity index (χ3n) is 2.57. The van der Waals surface area contributed by atoms with Crippen LogP contribution in [-0.4, -0.2) is 32.1 Å². The molecule has 0 saturated carbocycles. The van der Waals surface area contributed by atoms with Gasteiger partial charge in [-0.1, -0.05) is 0 Å². The van der Waals surface area contributed by atoms with Crippen molar-refractivity contribution >= 4 is 21.8 Å². The molecule has 0 saturated heterocycles. The van der Waals surface area contributed by atoms with E-state index in [1.807, 2.05) is 6.26 Å². The molecule has 0 spiro atoms. The van der Waals surface area contributed by atoms with Crippen molar-refractivity contribution in [2.24, 2.45) is 0 Å². The number of nitrogens with one attached hydrogen (secondary N) is 1. The molecule has 0 radical (unpaired) electrons. The first-order valence-corrected chi connectivity index (χ1v) is 8.50. The smallest absolute Gasteiger partial charge is 0.244 e. The van der Waals surface area contributed by atoms with Crippen LogP contribution < -0.4 is 4.72 Å². The van der Waals surface area contributed by atoms with Gasteiger partial charge in [0, 0.05) is 12.1 Å². The molecule has 1 heterocycles. The van der Waals surface area contributed by atoms with E-state index in [-0.39, 0.29) is 11.5 Å². The third-order valence-corrected chi connectivity index (χ3v) is 4.92. The number of furan rings is 1. The summed E-state index contributed by atoms with van der Waals surface area (Å²) in [6.45, 7) is 3.27. The maximum Gasteiger partial charge on any atom is 0.244 e. The summed E-state index contributed by atoms with van der Waals surface area (Å²) in [7, 11) is -3.61. The number of hydrogen-bond donors (Lipinski definition) is 2. The lowest BCUT2D eigenvalue weighted by molar-refractivity contribution is 0.276. The zero-order valence-electron chi connectivity index (χ0n) is 10.8. The monoisotopic (exact) mass is 293 g/mol. The van der Waals surface area contributed by atoms with E-state index >= 15 is 0 Å². The summed E-state index contributed by atoms with van der Waals surface area (Å²) in [6.07, 6.45) is 2.74. The van der Waals surface area contributed by atoms with Crippen LogP contribution in [-0.2, 0) is 16.6 Å². The number of aliphatic hydroxyl groups is 1. The second kappa shape index (κ2) is 6.60. The van der Waals surface area contributed by atoms with E-state index in [4.69, 9.17) is 4.42 Å². The minimum atomic E-state index is -3.61. The Morgan fingerprint density at radius 1 is 1.33 bits per heavy atom. The van der Waals surface area contributed by atoms with E-state index in [2.05, 4.69) is 4.72 Å². The highest BCUT2D eigenvalue weighted by Crippen LogP contribution is 2.26. The van der Waals surface area contributed by atoms with Crippen LogP contribution in [0.1, 0.15) is 23.5 Å². The highest BCUT2D eigenvalue weighted by molar-refractivity contribution is 7.98. The van der Waals surface area contributed by atoms with Crippen LogP contribution in [0.4, 0.5) is 0 Å². The van der Waals surface area contributed by atoms with Gasteiger partial charge >= 0.3 is 0 Å². The highest BCUT2D eigenvalue weighted by atomic mass is 32.2. The van der Waals surface area contributed by atoms with Gasteiger partial charge in [0.1, 0.15) is 16.4 Å². The first-order valence-electron chi connectivity index (χ1n) is 5.62. The van der Waals surface area contributed by atoms with Crippen molar-refractivity contribution in [3.05, 3.63) is 17.1 Å². The Morgan fingerprint density at radius 2 is 2.00 bits per heavy atom. The van der Waals surface area contributed by atoms with Gasteiger partial charge in [0.15, 0.2) is 0 Å². The van der Waals surface area contributed by atoms with E-state index < -0.39 is 10.0 Å². The molecule has 104 valence electrons. The van der Waals surface area contributed by atoms with Crippen molar-refractivity contribution in [3.8, 4) is 0 Å². The average molecular weight is 293 g/mol. The van der Waals surface area contributed by atoms with Gasteiger partial charge in [-0.25, -0.2) is 13.1 Å². The molecule has 0 bridgehead atoms. The van der Waals surface area contributed by atoms with Gasteiger partial charge in [0.2, 0.25) is 10.0 Å². The molecule has 0 aliphatic rings. The molecule has 1 aromatic heterocycles. The molecular formula is C11H19NO4S2. The van der Waals surface area contributed by atoms with Crippen molar-refractivity contribution in [2.45, 2.75) is 31.8 Å². The van der Waals surface area contributed by atoms with E-state index in [0.717, 1.165) is 12.2 Å². The standard InChI is InChI=1S/C11H19NO4S2/c1-8-10(7-13)11(9(2)16-8)18(14,15)12-5-4-6-17-3/h12-13H,4-7H2,1-3H3. The van der Waals surface area contributed by atoms with E-state index in [1.165, 1.54) is 0 Å². The second-order valence-electron chi connectivity index (χ2n) is 3.92. The first-order chi connectivity index (χ1) is 8.44. The molecule has 0 fully saturated rings. The fraction of sp³-hybridized carbons (Fsp3) is 0.636.